The molecule has 3 aromatic rings. The lowest BCUT2D eigenvalue weighted by atomic mass is 10.2. The van der Waals surface area contributed by atoms with Gasteiger partial charge in [0.15, 0.2) is 0 Å². The van der Waals surface area contributed by atoms with E-state index in [4.69, 9.17) is 14.2 Å². The molecule has 0 radical (unpaired) electrons. The molecule has 0 amide bonds. The number of hydrogen-bond donors (Lipinski definition) is 0. The lowest BCUT2D eigenvalue weighted by molar-refractivity contribution is 0.305. The molecule has 0 saturated heterocycles. The van der Waals surface area contributed by atoms with Crippen molar-refractivity contribution in [3.63, 3.8) is 0 Å². The van der Waals surface area contributed by atoms with Crippen molar-refractivity contribution in [1.29, 1.82) is 0 Å². The number of rotatable bonds is 12. The van der Waals surface area contributed by atoms with Crippen molar-refractivity contribution in [1.82, 2.24) is 0 Å². The highest BCUT2D eigenvalue weighted by atomic mass is 31.0. The van der Waals surface area contributed by atoms with Crippen molar-refractivity contribution in [3.8, 4) is 23.0 Å². The quantitative estimate of drug-likeness (QED) is 0.207. The first-order valence-corrected chi connectivity index (χ1v) is 12.2. The van der Waals surface area contributed by atoms with Crippen molar-refractivity contribution in [2.75, 3.05) is 13.2 Å². The molecule has 1 atom stereocenters. The van der Waals surface area contributed by atoms with Crippen molar-refractivity contribution < 1.29 is 14.2 Å². The fraction of sp³-hybridized carbons (Fsp3) is 0.357. The van der Waals surface area contributed by atoms with E-state index in [0.717, 1.165) is 49.1 Å². The Hall–Kier alpha value is -2.51. The minimum absolute atomic E-state index is 0.772. The van der Waals surface area contributed by atoms with Gasteiger partial charge in [0.25, 0.3) is 0 Å². The van der Waals surface area contributed by atoms with E-state index in [9.17, 15) is 0 Å². The number of ether oxygens (including phenoxy) is 3. The Morgan fingerprint density at radius 2 is 0.938 bits per heavy atom. The van der Waals surface area contributed by atoms with Crippen LogP contribution in [-0.4, -0.2) is 13.2 Å². The summed E-state index contributed by atoms with van der Waals surface area (Å²) in [7, 11) is 2.63. The summed E-state index contributed by atoms with van der Waals surface area (Å²) in [5.74, 6) is 3.38. The summed E-state index contributed by atoms with van der Waals surface area (Å²) in [4.78, 5) is 0. The molecular formula is C28H37O3P. The zero-order chi connectivity index (χ0) is 22.9. The molecular weight excluding hydrogens is 415 g/mol. The van der Waals surface area contributed by atoms with Gasteiger partial charge in [0.1, 0.15) is 23.0 Å². The van der Waals surface area contributed by atoms with E-state index < -0.39 is 0 Å². The first-order chi connectivity index (χ1) is 15.7. The van der Waals surface area contributed by atoms with Crippen LogP contribution in [0.2, 0.25) is 0 Å². The average Bonchev–Trinajstić information content (AvgIpc) is 2.83. The average molecular weight is 453 g/mol. The molecule has 3 aromatic carbocycles. The van der Waals surface area contributed by atoms with Crippen LogP contribution in [0.15, 0.2) is 78.9 Å². The molecule has 0 aliphatic carbocycles. The van der Waals surface area contributed by atoms with E-state index in [1.807, 2.05) is 78.9 Å². The molecule has 0 aliphatic rings. The topological polar surface area (TPSA) is 27.7 Å². The molecule has 172 valence electrons. The Bertz CT molecular complexity index is 779. The van der Waals surface area contributed by atoms with Gasteiger partial charge < -0.3 is 14.2 Å². The number of hydrogen-bond acceptors (Lipinski definition) is 3. The van der Waals surface area contributed by atoms with Gasteiger partial charge in [-0.2, -0.15) is 0 Å². The summed E-state index contributed by atoms with van der Waals surface area (Å²) in [6.45, 7) is 5.93. The van der Waals surface area contributed by atoms with Gasteiger partial charge in [0.2, 0.25) is 0 Å². The highest BCUT2D eigenvalue weighted by molar-refractivity contribution is 7.27. The molecule has 4 heteroatoms. The largest absolute Gasteiger partial charge is 0.494 e. The normalized spacial score (nSPS) is 10.1. The Morgan fingerprint density at radius 3 is 1.28 bits per heavy atom. The zero-order valence-corrected chi connectivity index (χ0v) is 20.6. The summed E-state index contributed by atoms with van der Waals surface area (Å²) in [6.07, 6.45) is 7.03. The maximum Gasteiger partial charge on any atom is 0.127 e. The Labute approximate surface area is 196 Å². The first-order valence-electron chi connectivity index (χ1n) is 11.7. The lowest BCUT2D eigenvalue weighted by Crippen LogP contribution is -1.97. The van der Waals surface area contributed by atoms with Crippen LogP contribution in [-0.2, 0) is 0 Å². The lowest BCUT2D eigenvalue weighted by Gasteiger charge is -2.09. The standard InChI is InChI=1S/C22H30O3.C6H7P/c1-3-5-7-17-23-19-9-13-21(14-10-19)25-22-15-11-20(12-16-22)24-18-8-6-4-2;7-6-4-2-1-3-5-6/h9-16H,3-8,17-18H2,1-2H3;1-5H,7H2. The molecule has 0 aliphatic heterocycles. The van der Waals surface area contributed by atoms with E-state index in [2.05, 4.69) is 23.1 Å². The molecule has 0 spiro atoms. The minimum Gasteiger partial charge on any atom is -0.494 e. The van der Waals surface area contributed by atoms with E-state index in [1.165, 1.54) is 31.0 Å². The third kappa shape index (κ3) is 11.2. The van der Waals surface area contributed by atoms with Crippen LogP contribution < -0.4 is 19.5 Å². The van der Waals surface area contributed by atoms with Gasteiger partial charge in [0, 0.05) is 0 Å². The van der Waals surface area contributed by atoms with Gasteiger partial charge in [-0.05, 0) is 66.7 Å². The molecule has 1 unspecified atom stereocenters. The molecule has 0 aromatic heterocycles. The summed E-state index contributed by atoms with van der Waals surface area (Å²) in [6, 6.07) is 25.7. The molecule has 0 saturated carbocycles. The van der Waals surface area contributed by atoms with Crippen LogP contribution in [0.3, 0.4) is 0 Å². The van der Waals surface area contributed by atoms with Crippen LogP contribution in [0.1, 0.15) is 52.4 Å². The van der Waals surface area contributed by atoms with Crippen LogP contribution >= 0.6 is 9.24 Å². The Balaban J connectivity index is 0.000000439. The SMILES string of the molecule is CCCCCOc1ccc(Oc2ccc(OCCCCC)cc2)cc1.Pc1ccccc1. The number of benzene rings is 3. The van der Waals surface area contributed by atoms with E-state index in [1.54, 1.807) is 0 Å². The van der Waals surface area contributed by atoms with Gasteiger partial charge in [0.05, 0.1) is 13.2 Å². The minimum atomic E-state index is 0.772. The van der Waals surface area contributed by atoms with Gasteiger partial charge in [-0.3, -0.25) is 0 Å². The highest BCUT2D eigenvalue weighted by Crippen LogP contribution is 2.25. The maximum absolute atomic E-state index is 5.86. The fourth-order valence-corrected chi connectivity index (χ4v) is 3.10. The second-order valence-electron chi connectivity index (χ2n) is 7.57. The second-order valence-corrected chi connectivity index (χ2v) is 8.23. The predicted octanol–water partition coefficient (Wildman–Crippen LogP) is 7.80. The molecule has 0 heterocycles. The van der Waals surface area contributed by atoms with Gasteiger partial charge in [-0.1, -0.05) is 69.9 Å². The van der Waals surface area contributed by atoms with Gasteiger partial charge >= 0.3 is 0 Å². The highest BCUT2D eigenvalue weighted by Gasteiger charge is 2.00. The van der Waals surface area contributed by atoms with E-state index in [-0.39, 0.29) is 0 Å². The Kier molecular flexibility index (Phi) is 13.0. The zero-order valence-electron chi connectivity index (χ0n) is 19.5. The summed E-state index contributed by atoms with van der Waals surface area (Å²) in [5.41, 5.74) is 0. The van der Waals surface area contributed by atoms with Crippen LogP contribution in [0.4, 0.5) is 0 Å². The van der Waals surface area contributed by atoms with Crippen LogP contribution in [0.5, 0.6) is 23.0 Å². The molecule has 0 bridgehead atoms. The summed E-state index contributed by atoms with van der Waals surface area (Å²) < 4.78 is 17.3. The third-order valence-corrected chi connectivity index (χ3v) is 5.10. The van der Waals surface area contributed by atoms with Gasteiger partial charge in [-0.25, -0.2) is 0 Å². The summed E-state index contributed by atoms with van der Waals surface area (Å²) >= 11 is 0. The van der Waals surface area contributed by atoms with Crippen molar-refractivity contribution in [2.24, 2.45) is 0 Å². The monoisotopic (exact) mass is 452 g/mol. The maximum atomic E-state index is 5.86. The Morgan fingerprint density at radius 1 is 0.531 bits per heavy atom. The predicted molar refractivity (Wildman–Crippen MR) is 139 cm³/mol. The van der Waals surface area contributed by atoms with Crippen molar-refractivity contribution >= 4 is 14.5 Å². The molecule has 32 heavy (non-hydrogen) atoms. The first kappa shape index (κ1) is 25.7. The number of unbranched alkanes of at least 4 members (excludes halogenated alkanes) is 4. The fourth-order valence-electron chi connectivity index (χ4n) is 2.88. The van der Waals surface area contributed by atoms with Crippen molar-refractivity contribution in [2.45, 2.75) is 52.4 Å². The van der Waals surface area contributed by atoms with E-state index >= 15 is 0 Å². The van der Waals surface area contributed by atoms with Crippen molar-refractivity contribution in [3.05, 3.63) is 78.9 Å². The summed E-state index contributed by atoms with van der Waals surface area (Å²) in [5, 5.41) is 1.24. The molecule has 0 N–H and O–H groups in total. The third-order valence-electron chi connectivity index (χ3n) is 4.72. The molecule has 3 nitrogen and oxygen atoms in total. The van der Waals surface area contributed by atoms with Crippen LogP contribution in [0, 0.1) is 0 Å². The van der Waals surface area contributed by atoms with Gasteiger partial charge in [-0.15, -0.1) is 9.24 Å². The molecule has 0 fully saturated rings. The molecule has 3 rings (SSSR count). The smallest absolute Gasteiger partial charge is 0.127 e. The van der Waals surface area contributed by atoms with Crippen LogP contribution in [0.25, 0.3) is 0 Å². The van der Waals surface area contributed by atoms with E-state index in [0.29, 0.717) is 0 Å². The second kappa shape index (κ2) is 16.2.